The molecule has 0 bridgehead atoms. The number of sulfonamides is 1. The van der Waals surface area contributed by atoms with E-state index < -0.39 is 16.1 Å². The van der Waals surface area contributed by atoms with E-state index in [1.165, 1.54) is 9.71 Å². The lowest BCUT2D eigenvalue weighted by atomic mass is 10.2. The fourth-order valence-corrected chi connectivity index (χ4v) is 4.35. The van der Waals surface area contributed by atoms with Crippen molar-refractivity contribution >= 4 is 22.0 Å². The molecule has 1 fully saturated rings. The lowest BCUT2D eigenvalue weighted by Gasteiger charge is -2.34. The molecule has 1 saturated heterocycles. The van der Waals surface area contributed by atoms with E-state index in [-0.39, 0.29) is 19.0 Å². The molecule has 1 aliphatic heterocycles. The Morgan fingerprint density at radius 2 is 1.72 bits per heavy atom. The number of carbonyl (C=O) groups is 1. The minimum atomic E-state index is -3.52. The van der Waals surface area contributed by atoms with Gasteiger partial charge in [-0.3, -0.25) is 4.79 Å². The average molecular weight is 415 g/mol. The van der Waals surface area contributed by atoms with E-state index >= 15 is 0 Å². The molecule has 0 radical (unpaired) electrons. The van der Waals surface area contributed by atoms with E-state index in [9.17, 15) is 13.2 Å². The highest BCUT2D eigenvalue weighted by atomic mass is 32.2. The van der Waals surface area contributed by atoms with Gasteiger partial charge in [0.25, 0.3) is 5.91 Å². The molecule has 0 saturated carbocycles. The monoisotopic (exact) mass is 414 g/mol. The predicted octanol–water partition coefficient (Wildman–Crippen LogP) is 2.91. The standard InChI is InChI=1S/C22H26N2O4S/c1-18-7-6-10-21(17-18)28-19(2)22(25)23-12-14-24(15-13-23)29(26,27)16-11-20-8-4-3-5-9-20/h3-11,16-17,19H,12-15H2,1-2H3/b16-11+. The van der Waals surface area contributed by atoms with Gasteiger partial charge in [0.1, 0.15) is 5.75 Å². The van der Waals surface area contributed by atoms with Gasteiger partial charge in [-0.05, 0) is 43.2 Å². The van der Waals surface area contributed by atoms with Gasteiger partial charge in [0.05, 0.1) is 0 Å². The molecular formula is C22H26N2O4S. The van der Waals surface area contributed by atoms with E-state index in [0.29, 0.717) is 18.8 Å². The van der Waals surface area contributed by atoms with Gasteiger partial charge in [0, 0.05) is 31.6 Å². The SMILES string of the molecule is Cc1cccc(OC(C)C(=O)N2CCN(S(=O)(=O)/C=C/c3ccccc3)CC2)c1. The highest BCUT2D eigenvalue weighted by Crippen LogP contribution is 2.17. The van der Waals surface area contributed by atoms with Crippen molar-refractivity contribution in [1.82, 2.24) is 9.21 Å². The summed E-state index contributed by atoms with van der Waals surface area (Å²) in [6.45, 7) is 4.91. The van der Waals surface area contributed by atoms with Crippen LogP contribution in [0.3, 0.4) is 0 Å². The summed E-state index contributed by atoms with van der Waals surface area (Å²) in [6.07, 6.45) is 0.961. The van der Waals surface area contributed by atoms with Crippen LogP contribution in [-0.4, -0.2) is 55.8 Å². The van der Waals surface area contributed by atoms with Crippen LogP contribution in [0.1, 0.15) is 18.1 Å². The van der Waals surface area contributed by atoms with Crippen LogP contribution in [0.25, 0.3) is 6.08 Å². The summed E-state index contributed by atoms with van der Waals surface area (Å²) in [6, 6.07) is 16.8. The smallest absolute Gasteiger partial charge is 0.263 e. The Kier molecular flexibility index (Phi) is 6.71. The Hall–Kier alpha value is -2.64. The van der Waals surface area contributed by atoms with Gasteiger partial charge >= 0.3 is 0 Å². The van der Waals surface area contributed by atoms with E-state index in [0.717, 1.165) is 11.1 Å². The second kappa shape index (κ2) is 9.24. The van der Waals surface area contributed by atoms with Crippen LogP contribution in [0.4, 0.5) is 0 Å². The van der Waals surface area contributed by atoms with Gasteiger partial charge in [0.2, 0.25) is 10.0 Å². The van der Waals surface area contributed by atoms with Gasteiger partial charge in [0.15, 0.2) is 6.10 Å². The van der Waals surface area contributed by atoms with Crippen LogP contribution < -0.4 is 4.74 Å². The number of carbonyl (C=O) groups excluding carboxylic acids is 1. The molecular weight excluding hydrogens is 388 g/mol. The normalized spacial score (nSPS) is 16.7. The Morgan fingerprint density at radius 1 is 1.03 bits per heavy atom. The minimum absolute atomic E-state index is 0.136. The summed E-state index contributed by atoms with van der Waals surface area (Å²) in [5.41, 5.74) is 1.89. The molecule has 2 aromatic carbocycles. The quantitative estimate of drug-likeness (QED) is 0.729. The van der Waals surface area contributed by atoms with Crippen molar-refractivity contribution in [2.75, 3.05) is 26.2 Å². The van der Waals surface area contributed by atoms with Crippen molar-refractivity contribution in [2.24, 2.45) is 0 Å². The zero-order valence-electron chi connectivity index (χ0n) is 16.7. The minimum Gasteiger partial charge on any atom is -0.481 e. The maximum absolute atomic E-state index is 12.7. The molecule has 6 nitrogen and oxygen atoms in total. The zero-order valence-corrected chi connectivity index (χ0v) is 17.5. The third kappa shape index (κ3) is 5.68. The molecule has 0 aliphatic carbocycles. The first-order chi connectivity index (χ1) is 13.8. The van der Waals surface area contributed by atoms with Gasteiger partial charge in [-0.1, -0.05) is 42.5 Å². The number of rotatable bonds is 6. The number of hydrogen-bond acceptors (Lipinski definition) is 4. The zero-order chi connectivity index (χ0) is 20.9. The number of aryl methyl sites for hydroxylation is 1. The first-order valence-corrected chi connectivity index (χ1v) is 11.1. The molecule has 1 unspecified atom stereocenters. The molecule has 0 N–H and O–H groups in total. The van der Waals surface area contributed by atoms with Gasteiger partial charge in [-0.2, -0.15) is 4.31 Å². The Balaban J connectivity index is 1.55. The van der Waals surface area contributed by atoms with E-state index in [1.807, 2.05) is 61.5 Å². The number of nitrogens with zero attached hydrogens (tertiary/aromatic N) is 2. The molecule has 0 aromatic heterocycles. The van der Waals surface area contributed by atoms with Crippen molar-refractivity contribution < 1.29 is 17.9 Å². The average Bonchev–Trinajstić information content (AvgIpc) is 2.72. The molecule has 3 rings (SSSR count). The Bertz CT molecular complexity index is 965. The van der Waals surface area contributed by atoms with Crippen LogP contribution in [-0.2, 0) is 14.8 Å². The first-order valence-electron chi connectivity index (χ1n) is 9.60. The summed E-state index contributed by atoms with van der Waals surface area (Å²) < 4.78 is 32.3. The molecule has 154 valence electrons. The Labute approximate surface area is 172 Å². The summed E-state index contributed by atoms with van der Waals surface area (Å²) in [7, 11) is -3.52. The molecule has 7 heteroatoms. The second-order valence-electron chi connectivity index (χ2n) is 7.06. The van der Waals surface area contributed by atoms with Crippen molar-refractivity contribution in [3.8, 4) is 5.75 Å². The molecule has 1 aliphatic rings. The van der Waals surface area contributed by atoms with Crippen LogP contribution >= 0.6 is 0 Å². The highest BCUT2D eigenvalue weighted by molar-refractivity contribution is 7.92. The van der Waals surface area contributed by atoms with Crippen molar-refractivity contribution in [1.29, 1.82) is 0 Å². The molecule has 1 amide bonds. The second-order valence-corrected chi connectivity index (χ2v) is 8.88. The largest absolute Gasteiger partial charge is 0.481 e. The summed E-state index contributed by atoms with van der Waals surface area (Å²) >= 11 is 0. The van der Waals surface area contributed by atoms with Crippen molar-refractivity contribution in [3.63, 3.8) is 0 Å². The maximum Gasteiger partial charge on any atom is 0.263 e. The van der Waals surface area contributed by atoms with Crippen molar-refractivity contribution in [3.05, 3.63) is 71.1 Å². The van der Waals surface area contributed by atoms with E-state index in [1.54, 1.807) is 17.9 Å². The molecule has 2 aromatic rings. The number of hydrogen-bond donors (Lipinski definition) is 0. The third-order valence-electron chi connectivity index (χ3n) is 4.79. The van der Waals surface area contributed by atoms with Gasteiger partial charge < -0.3 is 9.64 Å². The Morgan fingerprint density at radius 3 is 2.38 bits per heavy atom. The lowest BCUT2D eigenvalue weighted by Crippen LogP contribution is -2.52. The van der Waals surface area contributed by atoms with Crippen LogP contribution in [0, 0.1) is 6.92 Å². The summed E-state index contributed by atoms with van der Waals surface area (Å²) in [5, 5.41) is 1.23. The molecule has 0 spiro atoms. The summed E-state index contributed by atoms with van der Waals surface area (Å²) in [4.78, 5) is 14.3. The third-order valence-corrected chi connectivity index (χ3v) is 6.36. The first kappa shape index (κ1) is 21.1. The predicted molar refractivity (Wildman–Crippen MR) is 114 cm³/mol. The maximum atomic E-state index is 12.7. The van der Waals surface area contributed by atoms with Gasteiger partial charge in [-0.25, -0.2) is 8.42 Å². The molecule has 1 atom stereocenters. The van der Waals surface area contributed by atoms with E-state index in [2.05, 4.69) is 0 Å². The fraction of sp³-hybridized carbons (Fsp3) is 0.318. The number of amides is 1. The number of benzene rings is 2. The molecule has 1 heterocycles. The van der Waals surface area contributed by atoms with Crippen LogP contribution in [0.2, 0.25) is 0 Å². The van der Waals surface area contributed by atoms with Crippen LogP contribution in [0.5, 0.6) is 5.75 Å². The van der Waals surface area contributed by atoms with Crippen molar-refractivity contribution in [2.45, 2.75) is 20.0 Å². The summed E-state index contributed by atoms with van der Waals surface area (Å²) in [5.74, 6) is 0.515. The lowest BCUT2D eigenvalue weighted by molar-refractivity contribution is -0.139. The van der Waals surface area contributed by atoms with Gasteiger partial charge in [-0.15, -0.1) is 0 Å². The topological polar surface area (TPSA) is 66.9 Å². The van der Waals surface area contributed by atoms with Crippen LogP contribution in [0.15, 0.2) is 60.0 Å². The molecule has 29 heavy (non-hydrogen) atoms. The number of piperazine rings is 1. The highest BCUT2D eigenvalue weighted by Gasteiger charge is 2.30. The van der Waals surface area contributed by atoms with E-state index in [4.69, 9.17) is 4.74 Å². The fourth-order valence-electron chi connectivity index (χ4n) is 3.18. The number of ether oxygens (including phenoxy) is 1.